The molecule has 3 amide bonds. The van der Waals surface area contributed by atoms with Crippen LogP contribution in [0.1, 0.15) is 39.3 Å². The molecule has 198 valence electrons. The Morgan fingerprint density at radius 3 is 2.15 bits per heavy atom. The van der Waals surface area contributed by atoms with Gasteiger partial charge in [0.2, 0.25) is 17.7 Å². The molecule has 41 heavy (non-hydrogen) atoms. The van der Waals surface area contributed by atoms with E-state index < -0.39 is 17.3 Å². The molecule has 0 radical (unpaired) electrons. The summed E-state index contributed by atoms with van der Waals surface area (Å²) in [7, 11) is 0. The van der Waals surface area contributed by atoms with Gasteiger partial charge in [0.1, 0.15) is 6.07 Å². The maximum atomic E-state index is 14.4. The molecule has 0 aromatic heterocycles. The predicted octanol–water partition coefficient (Wildman–Crippen LogP) is 4.45. The van der Waals surface area contributed by atoms with E-state index >= 15 is 0 Å². The fraction of sp³-hybridized carbons (Fsp3) is 0.147. The molecule has 2 atom stereocenters. The molecule has 1 saturated heterocycles. The summed E-state index contributed by atoms with van der Waals surface area (Å²) in [4.78, 5) is 42.7. The van der Waals surface area contributed by atoms with Crippen LogP contribution in [0.25, 0.3) is 0 Å². The lowest BCUT2D eigenvalue weighted by molar-refractivity contribution is -0.123. The Kier molecular flexibility index (Phi) is 5.65. The molecule has 4 aromatic rings. The number of carbonyl (C=O) groups is 3. The molecule has 1 fully saturated rings. The highest BCUT2D eigenvalue weighted by Gasteiger charge is 2.68. The Labute approximate surface area is 236 Å². The van der Waals surface area contributed by atoms with Gasteiger partial charge in [-0.1, -0.05) is 91.0 Å². The Balaban J connectivity index is 1.38. The summed E-state index contributed by atoms with van der Waals surface area (Å²) in [6.45, 7) is 0. The number of hydrogen-bond donors (Lipinski definition) is 1. The van der Waals surface area contributed by atoms with E-state index in [9.17, 15) is 19.6 Å². The third-order valence-corrected chi connectivity index (χ3v) is 8.61. The minimum absolute atomic E-state index is 0.155. The van der Waals surface area contributed by atoms with Gasteiger partial charge < -0.3 is 0 Å². The van der Waals surface area contributed by atoms with Gasteiger partial charge in [0.15, 0.2) is 0 Å². The zero-order valence-corrected chi connectivity index (χ0v) is 21.9. The average Bonchev–Trinajstić information content (AvgIpc) is 3.28. The largest absolute Gasteiger partial charge is 0.274 e. The maximum Gasteiger partial charge on any atom is 0.244 e. The topological polar surface area (TPSA) is 103 Å². The summed E-state index contributed by atoms with van der Waals surface area (Å²) >= 11 is 0. The van der Waals surface area contributed by atoms with Crippen molar-refractivity contribution >= 4 is 29.6 Å². The Bertz CT molecular complexity index is 1760. The van der Waals surface area contributed by atoms with E-state index in [1.165, 1.54) is 4.90 Å². The molecule has 7 heteroatoms. The van der Waals surface area contributed by atoms with Crippen molar-refractivity contribution in [2.75, 3.05) is 4.90 Å². The smallest absolute Gasteiger partial charge is 0.244 e. The third-order valence-electron chi connectivity index (χ3n) is 8.61. The molecule has 1 heterocycles. The van der Waals surface area contributed by atoms with Gasteiger partial charge in [0, 0.05) is 12.1 Å². The molecule has 1 aliphatic heterocycles. The molecule has 7 nitrogen and oxygen atoms in total. The fourth-order valence-electron chi connectivity index (χ4n) is 7.08. The van der Waals surface area contributed by atoms with Crippen LogP contribution >= 0.6 is 0 Å². The Hall–Kier alpha value is -5.35. The van der Waals surface area contributed by atoms with Gasteiger partial charge in [-0.05, 0) is 39.9 Å². The van der Waals surface area contributed by atoms with Crippen molar-refractivity contribution in [3.05, 3.63) is 137 Å². The van der Waals surface area contributed by atoms with Crippen molar-refractivity contribution in [2.45, 2.75) is 17.8 Å². The number of anilines is 1. The normalized spacial score (nSPS) is 23.6. The first-order valence-corrected chi connectivity index (χ1v) is 13.5. The molecule has 1 N–H and O–H groups in total. The van der Waals surface area contributed by atoms with E-state index in [0.29, 0.717) is 0 Å². The van der Waals surface area contributed by atoms with Gasteiger partial charge in [-0.3, -0.25) is 14.4 Å². The SMILES string of the molecule is N#Cc1ccccc1N1C(=O)[C@H]2C3c4ccccc4C(/C=N\NC(=O)Cc4ccccc4)(c4ccccc43)[C@H]2C1=O. The minimum atomic E-state index is -1.10. The molecule has 2 bridgehead atoms. The molecule has 8 rings (SSSR count). The van der Waals surface area contributed by atoms with E-state index in [2.05, 4.69) is 16.6 Å². The first-order valence-electron chi connectivity index (χ1n) is 13.5. The number of amides is 3. The number of hydrogen-bond acceptors (Lipinski definition) is 5. The second-order valence-corrected chi connectivity index (χ2v) is 10.6. The molecule has 3 aliphatic carbocycles. The zero-order valence-electron chi connectivity index (χ0n) is 21.9. The lowest BCUT2D eigenvalue weighted by Crippen LogP contribution is -2.54. The second-order valence-electron chi connectivity index (χ2n) is 10.6. The number of imide groups is 1. The summed E-state index contributed by atoms with van der Waals surface area (Å²) in [6, 6.07) is 33.9. The van der Waals surface area contributed by atoms with Crippen LogP contribution in [0.2, 0.25) is 0 Å². The number of benzene rings is 4. The summed E-state index contributed by atoms with van der Waals surface area (Å²) in [5.41, 5.74) is 6.67. The molecular formula is C34H24N4O3. The summed E-state index contributed by atoms with van der Waals surface area (Å²) in [6.07, 6.45) is 1.80. The van der Waals surface area contributed by atoms with Crippen LogP contribution in [0.15, 0.2) is 108 Å². The number of carbonyl (C=O) groups excluding carboxylic acids is 3. The van der Waals surface area contributed by atoms with Gasteiger partial charge in [-0.25, -0.2) is 10.3 Å². The van der Waals surface area contributed by atoms with Crippen molar-refractivity contribution in [3.63, 3.8) is 0 Å². The molecule has 4 aliphatic rings. The van der Waals surface area contributed by atoms with Crippen molar-refractivity contribution in [1.82, 2.24) is 5.43 Å². The zero-order chi connectivity index (χ0) is 28.1. The fourth-order valence-corrected chi connectivity index (χ4v) is 7.08. The van der Waals surface area contributed by atoms with Crippen molar-refractivity contribution in [3.8, 4) is 6.07 Å². The van der Waals surface area contributed by atoms with Crippen LogP contribution in [-0.2, 0) is 26.2 Å². The van der Waals surface area contributed by atoms with Crippen molar-refractivity contribution in [1.29, 1.82) is 5.26 Å². The van der Waals surface area contributed by atoms with Gasteiger partial charge in [-0.15, -0.1) is 0 Å². The predicted molar refractivity (Wildman–Crippen MR) is 153 cm³/mol. The van der Waals surface area contributed by atoms with Gasteiger partial charge in [0.25, 0.3) is 0 Å². The second kappa shape index (κ2) is 9.39. The van der Waals surface area contributed by atoms with Crippen LogP contribution in [-0.4, -0.2) is 23.9 Å². The number of para-hydroxylation sites is 1. The number of nitriles is 1. The number of rotatable bonds is 5. The highest BCUT2D eigenvalue weighted by molar-refractivity contribution is 6.25. The maximum absolute atomic E-state index is 14.4. The minimum Gasteiger partial charge on any atom is -0.274 e. The monoisotopic (exact) mass is 536 g/mol. The number of hydrazone groups is 1. The van der Waals surface area contributed by atoms with E-state index in [0.717, 1.165) is 27.8 Å². The summed E-state index contributed by atoms with van der Waals surface area (Å²) < 4.78 is 0. The standard InChI is InChI=1S/C34H24N4O3/c35-19-22-12-4-9-17-27(22)38-32(40)30-29-23-13-5-7-15-25(23)34(31(30)33(38)41,26-16-8-6-14-24(26)29)20-36-37-28(39)18-21-10-2-1-3-11-21/h1-17,20,29-31H,18H2,(H,37,39)/b36-20-/t29?,30-,31+,34?/m0/s1. The first kappa shape index (κ1) is 24.7. The first-order chi connectivity index (χ1) is 20.1. The molecule has 0 spiro atoms. The number of nitrogens with zero attached hydrogens (tertiary/aromatic N) is 3. The van der Waals surface area contributed by atoms with E-state index in [-0.39, 0.29) is 41.3 Å². The van der Waals surface area contributed by atoms with Crippen molar-refractivity contribution in [2.24, 2.45) is 16.9 Å². The van der Waals surface area contributed by atoms with Crippen LogP contribution in [0.4, 0.5) is 5.69 Å². The van der Waals surface area contributed by atoms with Crippen molar-refractivity contribution < 1.29 is 14.4 Å². The lowest BCUT2D eigenvalue weighted by Gasteiger charge is -2.52. The molecule has 0 saturated carbocycles. The van der Waals surface area contributed by atoms with Gasteiger partial charge in [0.05, 0.1) is 34.9 Å². The molecular weight excluding hydrogens is 512 g/mol. The summed E-state index contributed by atoms with van der Waals surface area (Å²) in [5.74, 6) is -2.81. The Morgan fingerprint density at radius 2 is 1.46 bits per heavy atom. The van der Waals surface area contributed by atoms with Crippen LogP contribution in [0.5, 0.6) is 0 Å². The lowest BCUT2D eigenvalue weighted by atomic mass is 9.47. The highest BCUT2D eigenvalue weighted by atomic mass is 16.2. The third kappa shape index (κ3) is 3.51. The summed E-state index contributed by atoms with van der Waals surface area (Å²) in [5, 5.41) is 14.2. The van der Waals surface area contributed by atoms with Crippen LogP contribution in [0, 0.1) is 23.2 Å². The van der Waals surface area contributed by atoms with Gasteiger partial charge >= 0.3 is 0 Å². The van der Waals surface area contributed by atoms with Crippen LogP contribution in [0.3, 0.4) is 0 Å². The Morgan fingerprint density at radius 1 is 0.854 bits per heavy atom. The van der Waals surface area contributed by atoms with E-state index in [1.807, 2.05) is 78.9 Å². The molecule has 4 aromatic carbocycles. The highest BCUT2D eigenvalue weighted by Crippen LogP contribution is 2.63. The van der Waals surface area contributed by atoms with E-state index in [4.69, 9.17) is 0 Å². The molecule has 0 unspecified atom stereocenters. The van der Waals surface area contributed by atoms with Crippen LogP contribution < -0.4 is 10.3 Å². The average molecular weight is 537 g/mol. The van der Waals surface area contributed by atoms with E-state index in [1.54, 1.807) is 30.5 Å². The number of nitrogens with one attached hydrogen (secondary N) is 1. The quantitative estimate of drug-likeness (QED) is 0.231. The van der Waals surface area contributed by atoms with Gasteiger partial charge in [-0.2, -0.15) is 10.4 Å².